The molecule has 0 amide bonds. The zero-order valence-electron chi connectivity index (χ0n) is 11.2. The van der Waals surface area contributed by atoms with Crippen LogP contribution >= 0.6 is 0 Å². The molecular formula is C16H14F2O2. The number of rotatable bonds is 4. The number of allylic oxidation sites excluding steroid dienone is 1. The maximum Gasteiger partial charge on any atom is 0.201 e. The number of halogens is 2. The summed E-state index contributed by atoms with van der Waals surface area (Å²) < 4.78 is 37.9. The van der Waals surface area contributed by atoms with Crippen molar-refractivity contribution in [2.45, 2.75) is 6.92 Å². The minimum Gasteiger partial charge on any atom is -0.497 e. The Hall–Kier alpha value is -2.36. The predicted octanol–water partition coefficient (Wildman–Crippen LogP) is 4.55. The van der Waals surface area contributed by atoms with Crippen LogP contribution in [0.2, 0.25) is 0 Å². The van der Waals surface area contributed by atoms with Gasteiger partial charge in [-0.25, -0.2) is 4.39 Å². The summed E-state index contributed by atoms with van der Waals surface area (Å²) in [6, 6.07) is 9.61. The largest absolute Gasteiger partial charge is 0.497 e. The Labute approximate surface area is 116 Å². The SMILES string of the molecule is C/C=C/Oc1ccc(-c2ccc(OC)cc2)c(F)c1F. The molecule has 2 aromatic rings. The van der Waals surface area contributed by atoms with Gasteiger partial charge in [-0.05, 0) is 36.8 Å². The van der Waals surface area contributed by atoms with Gasteiger partial charge >= 0.3 is 0 Å². The van der Waals surface area contributed by atoms with Gasteiger partial charge in [0.1, 0.15) is 5.75 Å². The maximum atomic E-state index is 14.0. The van der Waals surface area contributed by atoms with Crippen LogP contribution in [0.3, 0.4) is 0 Å². The number of ether oxygens (including phenoxy) is 2. The van der Waals surface area contributed by atoms with Crippen LogP contribution in [0.4, 0.5) is 8.78 Å². The molecule has 0 unspecified atom stereocenters. The van der Waals surface area contributed by atoms with Gasteiger partial charge in [0.25, 0.3) is 0 Å². The van der Waals surface area contributed by atoms with Gasteiger partial charge in [0.15, 0.2) is 11.6 Å². The van der Waals surface area contributed by atoms with Gasteiger partial charge in [-0.1, -0.05) is 18.2 Å². The summed E-state index contributed by atoms with van der Waals surface area (Å²) in [7, 11) is 1.54. The van der Waals surface area contributed by atoms with Crippen LogP contribution < -0.4 is 9.47 Å². The van der Waals surface area contributed by atoms with E-state index in [1.165, 1.54) is 18.4 Å². The van der Waals surface area contributed by atoms with Crippen molar-refractivity contribution < 1.29 is 18.3 Å². The molecule has 0 bridgehead atoms. The van der Waals surface area contributed by atoms with Gasteiger partial charge in [-0.3, -0.25) is 0 Å². The average molecular weight is 276 g/mol. The van der Waals surface area contributed by atoms with Gasteiger partial charge in [0.05, 0.1) is 13.4 Å². The summed E-state index contributed by atoms with van der Waals surface area (Å²) in [5, 5.41) is 0. The monoisotopic (exact) mass is 276 g/mol. The van der Waals surface area contributed by atoms with Crippen molar-refractivity contribution in [3.05, 3.63) is 60.4 Å². The van der Waals surface area contributed by atoms with Crippen molar-refractivity contribution in [2.75, 3.05) is 7.11 Å². The van der Waals surface area contributed by atoms with Crippen molar-refractivity contribution in [1.29, 1.82) is 0 Å². The maximum absolute atomic E-state index is 14.0. The Morgan fingerprint density at radius 2 is 1.65 bits per heavy atom. The summed E-state index contributed by atoms with van der Waals surface area (Å²) in [6.45, 7) is 1.72. The van der Waals surface area contributed by atoms with Crippen LogP contribution in [0.25, 0.3) is 11.1 Å². The topological polar surface area (TPSA) is 18.5 Å². The quantitative estimate of drug-likeness (QED) is 0.762. The third-order valence-corrected chi connectivity index (χ3v) is 2.78. The Kier molecular flexibility index (Phi) is 4.35. The molecule has 0 aliphatic rings. The molecule has 2 nitrogen and oxygen atoms in total. The fraction of sp³-hybridized carbons (Fsp3) is 0.125. The molecule has 0 fully saturated rings. The Bertz CT molecular complexity index is 619. The molecule has 4 heteroatoms. The molecule has 0 aromatic heterocycles. The summed E-state index contributed by atoms with van der Waals surface area (Å²) in [5.41, 5.74) is 0.748. The molecule has 0 atom stereocenters. The van der Waals surface area contributed by atoms with Crippen LogP contribution in [0.1, 0.15) is 6.92 Å². The molecule has 0 spiro atoms. The van der Waals surface area contributed by atoms with Crippen molar-refractivity contribution in [3.63, 3.8) is 0 Å². The van der Waals surface area contributed by atoms with Gasteiger partial charge in [-0.2, -0.15) is 4.39 Å². The first-order chi connectivity index (χ1) is 9.67. The zero-order valence-corrected chi connectivity index (χ0v) is 11.2. The molecular weight excluding hydrogens is 262 g/mol. The predicted molar refractivity (Wildman–Crippen MR) is 73.8 cm³/mol. The number of hydrogen-bond acceptors (Lipinski definition) is 2. The lowest BCUT2D eigenvalue weighted by atomic mass is 10.0. The third-order valence-electron chi connectivity index (χ3n) is 2.78. The van der Waals surface area contributed by atoms with Crippen molar-refractivity contribution >= 4 is 0 Å². The van der Waals surface area contributed by atoms with Gasteiger partial charge in [0, 0.05) is 5.56 Å². The van der Waals surface area contributed by atoms with E-state index in [0.717, 1.165) is 0 Å². The van der Waals surface area contributed by atoms with Gasteiger partial charge in [-0.15, -0.1) is 0 Å². The van der Waals surface area contributed by atoms with E-state index in [1.54, 1.807) is 44.4 Å². The Morgan fingerprint density at radius 3 is 2.25 bits per heavy atom. The molecule has 0 aliphatic carbocycles. The van der Waals surface area contributed by atoms with Crippen molar-refractivity contribution in [2.24, 2.45) is 0 Å². The second-order valence-electron chi connectivity index (χ2n) is 4.05. The minimum atomic E-state index is -1.00. The highest BCUT2D eigenvalue weighted by Crippen LogP contribution is 2.30. The first kappa shape index (κ1) is 14.1. The van der Waals surface area contributed by atoms with Crippen LogP contribution in [0, 0.1) is 11.6 Å². The zero-order chi connectivity index (χ0) is 14.5. The van der Waals surface area contributed by atoms with E-state index < -0.39 is 11.6 Å². The lowest BCUT2D eigenvalue weighted by Gasteiger charge is -2.08. The smallest absolute Gasteiger partial charge is 0.201 e. The van der Waals surface area contributed by atoms with Crippen LogP contribution in [0.15, 0.2) is 48.7 Å². The number of benzene rings is 2. The second kappa shape index (κ2) is 6.19. The molecule has 0 aliphatic heterocycles. The second-order valence-corrected chi connectivity index (χ2v) is 4.05. The average Bonchev–Trinajstić information content (AvgIpc) is 2.49. The lowest BCUT2D eigenvalue weighted by Crippen LogP contribution is -1.94. The molecule has 20 heavy (non-hydrogen) atoms. The molecule has 104 valence electrons. The van der Waals surface area contributed by atoms with E-state index in [4.69, 9.17) is 9.47 Å². The highest BCUT2D eigenvalue weighted by molar-refractivity contribution is 5.66. The Balaban J connectivity index is 2.39. The molecule has 0 radical (unpaired) electrons. The fourth-order valence-electron chi connectivity index (χ4n) is 1.76. The summed E-state index contributed by atoms with van der Waals surface area (Å²) in [4.78, 5) is 0. The van der Waals surface area contributed by atoms with E-state index in [1.807, 2.05) is 0 Å². The van der Waals surface area contributed by atoms with Crippen molar-refractivity contribution in [3.8, 4) is 22.6 Å². The van der Waals surface area contributed by atoms with E-state index in [2.05, 4.69) is 0 Å². The lowest BCUT2D eigenvalue weighted by molar-refractivity contribution is 0.414. The van der Waals surface area contributed by atoms with Crippen LogP contribution in [-0.2, 0) is 0 Å². The molecule has 0 heterocycles. The van der Waals surface area contributed by atoms with E-state index >= 15 is 0 Å². The highest BCUT2D eigenvalue weighted by atomic mass is 19.2. The molecule has 2 rings (SSSR count). The molecule has 0 saturated carbocycles. The normalized spacial score (nSPS) is 10.8. The summed E-state index contributed by atoms with van der Waals surface area (Å²) in [6.07, 6.45) is 2.89. The first-order valence-corrected chi connectivity index (χ1v) is 6.07. The third kappa shape index (κ3) is 2.79. The van der Waals surface area contributed by atoms with E-state index in [-0.39, 0.29) is 11.3 Å². The highest BCUT2D eigenvalue weighted by Gasteiger charge is 2.15. The summed E-state index contributed by atoms with van der Waals surface area (Å²) in [5.74, 6) is -1.42. The van der Waals surface area contributed by atoms with E-state index in [9.17, 15) is 8.78 Å². The molecule has 2 aromatic carbocycles. The number of hydrogen-bond donors (Lipinski definition) is 0. The minimum absolute atomic E-state index is 0.141. The molecule has 0 saturated heterocycles. The first-order valence-electron chi connectivity index (χ1n) is 6.07. The fourth-order valence-corrected chi connectivity index (χ4v) is 1.76. The van der Waals surface area contributed by atoms with Crippen LogP contribution in [-0.4, -0.2) is 7.11 Å². The summed E-state index contributed by atoms with van der Waals surface area (Å²) >= 11 is 0. The standard InChI is InChI=1S/C16H14F2O2/c1-3-10-20-14-9-8-13(15(17)16(14)18)11-4-6-12(19-2)7-5-11/h3-10H,1-2H3/b10-3+. The molecule has 0 N–H and O–H groups in total. The van der Waals surface area contributed by atoms with Gasteiger partial charge < -0.3 is 9.47 Å². The van der Waals surface area contributed by atoms with Gasteiger partial charge in [0.2, 0.25) is 5.82 Å². The Morgan fingerprint density at radius 1 is 0.950 bits per heavy atom. The van der Waals surface area contributed by atoms with Crippen molar-refractivity contribution in [1.82, 2.24) is 0 Å². The number of methoxy groups -OCH3 is 1. The van der Waals surface area contributed by atoms with Crippen LogP contribution in [0.5, 0.6) is 11.5 Å². The van der Waals surface area contributed by atoms with E-state index in [0.29, 0.717) is 11.3 Å².